The summed E-state index contributed by atoms with van der Waals surface area (Å²) >= 11 is 2.45. The van der Waals surface area contributed by atoms with E-state index >= 15 is 0 Å². The summed E-state index contributed by atoms with van der Waals surface area (Å²) in [5, 5.41) is 3.28. The van der Waals surface area contributed by atoms with Crippen LogP contribution in [0.3, 0.4) is 0 Å². The van der Waals surface area contributed by atoms with Crippen LogP contribution in [0.1, 0.15) is 35.7 Å². The Hall–Kier alpha value is -2.72. The Balaban J connectivity index is 1.47. The van der Waals surface area contributed by atoms with Gasteiger partial charge in [-0.15, -0.1) is 0 Å². The summed E-state index contributed by atoms with van der Waals surface area (Å²) in [5.74, 6) is -0.704. The van der Waals surface area contributed by atoms with Crippen LogP contribution >= 0.6 is 23.1 Å². The number of hydrogen-bond donors (Lipinski definition) is 1. The zero-order chi connectivity index (χ0) is 23.7. The van der Waals surface area contributed by atoms with Gasteiger partial charge in [-0.25, -0.2) is 9.37 Å². The molecule has 4 rings (SSSR count). The third kappa shape index (κ3) is 5.27. The average Bonchev–Trinajstić information content (AvgIpc) is 3.55. The lowest BCUT2D eigenvalue weighted by molar-refractivity contribution is -0.129. The van der Waals surface area contributed by atoms with Gasteiger partial charge in [0, 0.05) is 42.1 Å². The summed E-state index contributed by atoms with van der Waals surface area (Å²) in [5.41, 5.74) is 0.988. The van der Waals surface area contributed by atoms with Crippen LogP contribution in [0.4, 0.5) is 9.52 Å². The van der Waals surface area contributed by atoms with Crippen LogP contribution in [0.25, 0.3) is 0 Å². The van der Waals surface area contributed by atoms with Crippen molar-refractivity contribution < 1.29 is 18.8 Å². The maximum Gasteiger partial charge on any atom is 0.254 e. The molecular weight excluding hydrogens is 463 g/mol. The molecule has 2 aliphatic rings. The molecule has 1 saturated heterocycles. The van der Waals surface area contributed by atoms with Gasteiger partial charge in [-0.3, -0.25) is 14.4 Å². The van der Waals surface area contributed by atoms with Crippen molar-refractivity contribution in [2.24, 2.45) is 5.92 Å². The van der Waals surface area contributed by atoms with E-state index in [1.54, 1.807) is 29.0 Å². The Kier molecular flexibility index (Phi) is 6.85. The van der Waals surface area contributed by atoms with Gasteiger partial charge in [0.05, 0.1) is 10.4 Å². The number of nitrogens with zero attached hydrogens (tertiary/aromatic N) is 3. The van der Waals surface area contributed by atoms with E-state index in [4.69, 9.17) is 0 Å². The molecule has 0 radical (unpaired) electrons. The first kappa shape index (κ1) is 23.4. The van der Waals surface area contributed by atoms with E-state index in [9.17, 15) is 18.8 Å². The van der Waals surface area contributed by atoms with Gasteiger partial charge < -0.3 is 15.1 Å². The van der Waals surface area contributed by atoms with E-state index in [0.29, 0.717) is 45.0 Å². The molecule has 1 aliphatic carbocycles. The van der Waals surface area contributed by atoms with Gasteiger partial charge in [-0.2, -0.15) is 0 Å². The van der Waals surface area contributed by atoms with E-state index in [0.717, 1.165) is 12.8 Å². The summed E-state index contributed by atoms with van der Waals surface area (Å²) in [7, 11) is 0. The van der Waals surface area contributed by atoms with Crippen LogP contribution in [0.5, 0.6) is 0 Å². The molecule has 1 N–H and O–H groups in total. The van der Waals surface area contributed by atoms with Crippen LogP contribution in [0.15, 0.2) is 40.1 Å². The van der Waals surface area contributed by atoms with Crippen LogP contribution in [0.2, 0.25) is 0 Å². The number of rotatable bonds is 6. The second-order valence-electron chi connectivity index (χ2n) is 8.28. The summed E-state index contributed by atoms with van der Waals surface area (Å²) in [6.07, 6.45) is 4.69. The fourth-order valence-corrected chi connectivity index (χ4v) is 5.63. The highest BCUT2D eigenvalue weighted by atomic mass is 32.2. The Labute approximate surface area is 200 Å². The standard InChI is InChI=1S/C23H25FN4O3S2/c1-4-19(29)28-8-7-27(12-14(28)3)22(31)16-10-18(17(24)9-13(16)2)32-20-11-25-23(33-20)26-21(30)15-5-6-15/h4,9-11,14-15H,1,5-8,12H2,2-3H3,(H,25,26,30). The number of nitrogens with one attached hydrogen (secondary N) is 1. The van der Waals surface area contributed by atoms with Gasteiger partial charge in [0.15, 0.2) is 5.13 Å². The van der Waals surface area contributed by atoms with Crippen LogP contribution < -0.4 is 5.32 Å². The maximum absolute atomic E-state index is 14.7. The Morgan fingerprint density at radius 3 is 2.73 bits per heavy atom. The number of hydrogen-bond acceptors (Lipinski definition) is 6. The number of thiazole rings is 1. The fraction of sp³-hybridized carbons (Fsp3) is 0.391. The molecule has 1 aliphatic heterocycles. The van der Waals surface area contributed by atoms with Gasteiger partial charge in [-0.1, -0.05) is 29.7 Å². The summed E-state index contributed by atoms with van der Waals surface area (Å²) in [6.45, 7) is 8.36. The monoisotopic (exact) mass is 488 g/mol. The van der Waals surface area contributed by atoms with Crippen molar-refractivity contribution in [1.29, 1.82) is 0 Å². The maximum atomic E-state index is 14.7. The minimum absolute atomic E-state index is 0.0283. The van der Waals surface area contributed by atoms with Gasteiger partial charge in [-0.05, 0) is 50.5 Å². The molecule has 0 spiro atoms. The van der Waals surface area contributed by atoms with Crippen LogP contribution in [-0.4, -0.2) is 58.2 Å². The van der Waals surface area contributed by atoms with Gasteiger partial charge in [0.25, 0.3) is 5.91 Å². The first-order valence-corrected chi connectivity index (χ1v) is 12.4. The highest BCUT2D eigenvalue weighted by Gasteiger charge is 2.31. The second-order valence-corrected chi connectivity index (χ2v) is 10.7. The fourth-order valence-electron chi connectivity index (χ4n) is 3.74. The Bertz CT molecular complexity index is 1120. The van der Waals surface area contributed by atoms with Gasteiger partial charge in [0.2, 0.25) is 11.8 Å². The first-order valence-electron chi connectivity index (χ1n) is 10.7. The molecule has 10 heteroatoms. The molecular formula is C23H25FN4O3S2. The quantitative estimate of drug-likeness (QED) is 0.623. The number of amides is 3. The number of aryl methyl sites for hydroxylation is 1. The molecule has 1 unspecified atom stereocenters. The number of aromatic nitrogens is 1. The molecule has 3 amide bonds. The second kappa shape index (κ2) is 9.64. The molecule has 33 heavy (non-hydrogen) atoms. The first-order chi connectivity index (χ1) is 15.8. The van der Waals surface area contributed by atoms with Crippen molar-refractivity contribution in [3.05, 3.63) is 47.9 Å². The molecule has 174 valence electrons. The number of carbonyl (C=O) groups is 3. The molecule has 7 nitrogen and oxygen atoms in total. The van der Waals surface area contributed by atoms with Crippen molar-refractivity contribution >= 4 is 46.0 Å². The minimum atomic E-state index is -0.416. The van der Waals surface area contributed by atoms with E-state index in [-0.39, 0.29) is 29.7 Å². The largest absolute Gasteiger partial charge is 0.335 e. The van der Waals surface area contributed by atoms with Crippen LogP contribution in [0, 0.1) is 18.7 Å². The van der Waals surface area contributed by atoms with Crippen molar-refractivity contribution in [2.75, 3.05) is 25.0 Å². The minimum Gasteiger partial charge on any atom is -0.335 e. The molecule has 1 aromatic carbocycles. The summed E-state index contributed by atoms with van der Waals surface area (Å²) in [6, 6.07) is 2.81. The third-order valence-electron chi connectivity index (χ3n) is 5.76. The van der Waals surface area contributed by atoms with Gasteiger partial charge >= 0.3 is 0 Å². The van der Waals surface area contributed by atoms with Crippen molar-refractivity contribution in [3.63, 3.8) is 0 Å². The SMILES string of the molecule is C=CC(=O)N1CCN(C(=O)c2cc(Sc3cnc(NC(=O)C4CC4)s3)c(F)cc2C)CC1C. The number of anilines is 1. The average molecular weight is 489 g/mol. The number of benzene rings is 1. The number of piperazine rings is 1. The van der Waals surface area contributed by atoms with E-state index in [1.165, 1.54) is 35.2 Å². The molecule has 2 heterocycles. The Morgan fingerprint density at radius 1 is 1.30 bits per heavy atom. The van der Waals surface area contributed by atoms with Gasteiger partial charge in [0.1, 0.15) is 5.82 Å². The zero-order valence-electron chi connectivity index (χ0n) is 18.5. The molecule has 1 saturated carbocycles. The summed E-state index contributed by atoms with van der Waals surface area (Å²) in [4.78, 5) is 45.0. The molecule has 1 atom stereocenters. The topological polar surface area (TPSA) is 82.6 Å². The van der Waals surface area contributed by atoms with E-state index in [2.05, 4.69) is 16.9 Å². The Morgan fingerprint density at radius 2 is 2.06 bits per heavy atom. The lowest BCUT2D eigenvalue weighted by Crippen LogP contribution is -2.55. The van der Waals surface area contributed by atoms with E-state index < -0.39 is 5.82 Å². The molecule has 2 aromatic rings. The molecule has 1 aromatic heterocycles. The zero-order valence-corrected chi connectivity index (χ0v) is 20.1. The molecule has 2 fully saturated rings. The lowest BCUT2D eigenvalue weighted by Gasteiger charge is -2.39. The normalized spacial score (nSPS) is 18.2. The molecule has 0 bridgehead atoms. The van der Waals surface area contributed by atoms with Crippen LogP contribution in [-0.2, 0) is 9.59 Å². The predicted octanol–water partition coefficient (Wildman–Crippen LogP) is 3.95. The van der Waals surface area contributed by atoms with Crippen molar-refractivity contribution in [2.45, 2.75) is 41.8 Å². The lowest BCUT2D eigenvalue weighted by atomic mass is 10.1. The third-order valence-corrected chi connectivity index (χ3v) is 7.80. The number of carbonyl (C=O) groups excluding carboxylic acids is 3. The van der Waals surface area contributed by atoms with E-state index in [1.807, 2.05) is 6.92 Å². The van der Waals surface area contributed by atoms with Crippen molar-refractivity contribution in [1.82, 2.24) is 14.8 Å². The number of halogens is 1. The predicted molar refractivity (Wildman–Crippen MR) is 126 cm³/mol. The summed E-state index contributed by atoms with van der Waals surface area (Å²) < 4.78 is 15.4. The highest BCUT2D eigenvalue weighted by Crippen LogP contribution is 2.37. The smallest absolute Gasteiger partial charge is 0.254 e. The van der Waals surface area contributed by atoms with Crippen molar-refractivity contribution in [3.8, 4) is 0 Å². The highest BCUT2D eigenvalue weighted by molar-refractivity contribution is 8.01.